The van der Waals surface area contributed by atoms with Gasteiger partial charge in [0.05, 0.1) is 17.1 Å². The van der Waals surface area contributed by atoms with Crippen molar-refractivity contribution in [1.29, 1.82) is 0 Å². The Balaban J connectivity index is 2.33. The van der Waals surface area contributed by atoms with Crippen molar-refractivity contribution < 1.29 is 9.90 Å². The Morgan fingerprint density at radius 3 is 2.89 bits per heavy atom. The van der Waals surface area contributed by atoms with Crippen LogP contribution in [0, 0.1) is 0 Å². The van der Waals surface area contributed by atoms with Crippen LogP contribution in [0.2, 0.25) is 0 Å². The molecule has 96 valence electrons. The molecule has 0 radical (unpaired) electrons. The van der Waals surface area contributed by atoms with Gasteiger partial charge in [-0.1, -0.05) is 6.07 Å². The number of hydrogen-bond acceptors (Lipinski definition) is 4. The fourth-order valence-corrected chi connectivity index (χ4v) is 2.36. The Kier molecular flexibility index (Phi) is 3.78. The second kappa shape index (κ2) is 5.32. The van der Waals surface area contributed by atoms with E-state index in [1.54, 1.807) is 22.1 Å². The summed E-state index contributed by atoms with van der Waals surface area (Å²) in [6.07, 6.45) is 0. The third-order valence-corrected chi connectivity index (χ3v) is 3.42. The third-order valence-electron chi connectivity index (χ3n) is 2.53. The number of rotatable bonds is 5. The van der Waals surface area contributed by atoms with Gasteiger partial charge in [-0.15, -0.1) is 11.3 Å². The summed E-state index contributed by atoms with van der Waals surface area (Å²) in [4.78, 5) is 14.1. The van der Waals surface area contributed by atoms with Crippen LogP contribution in [0.1, 0.15) is 10.5 Å². The average molecular weight is 265 g/mol. The molecule has 0 saturated heterocycles. The summed E-state index contributed by atoms with van der Waals surface area (Å²) in [7, 11) is 3.96. The Labute approximate surface area is 109 Å². The number of carbonyl (C=O) groups is 1. The molecule has 0 aromatic carbocycles. The van der Waals surface area contributed by atoms with Crippen LogP contribution in [0.4, 0.5) is 0 Å². The molecule has 0 bridgehead atoms. The molecule has 2 aromatic rings. The quantitative estimate of drug-likeness (QED) is 0.896. The molecule has 2 rings (SSSR count). The number of carboxylic acid groups (broad SMARTS) is 1. The molecule has 6 heteroatoms. The van der Waals surface area contributed by atoms with Crippen molar-refractivity contribution in [2.75, 3.05) is 20.6 Å². The minimum Gasteiger partial charge on any atom is -0.476 e. The number of carboxylic acids is 1. The van der Waals surface area contributed by atoms with E-state index in [1.807, 2.05) is 36.5 Å². The number of aromatic nitrogens is 2. The second-order valence-electron chi connectivity index (χ2n) is 4.22. The van der Waals surface area contributed by atoms with E-state index in [0.717, 1.165) is 17.1 Å². The molecule has 0 aliphatic heterocycles. The zero-order chi connectivity index (χ0) is 13.1. The lowest BCUT2D eigenvalue weighted by molar-refractivity contribution is 0.0689. The average Bonchev–Trinajstić information content (AvgIpc) is 2.95. The lowest BCUT2D eigenvalue weighted by Gasteiger charge is -2.11. The largest absolute Gasteiger partial charge is 0.476 e. The van der Waals surface area contributed by atoms with Crippen molar-refractivity contribution in [3.8, 4) is 10.6 Å². The maximum absolute atomic E-state index is 11.0. The van der Waals surface area contributed by atoms with E-state index >= 15 is 0 Å². The van der Waals surface area contributed by atoms with E-state index in [-0.39, 0.29) is 5.69 Å². The van der Waals surface area contributed by atoms with Gasteiger partial charge in [0.2, 0.25) is 0 Å². The predicted octanol–water partition coefficient (Wildman–Crippen LogP) is 1.87. The molecule has 5 nitrogen and oxygen atoms in total. The van der Waals surface area contributed by atoms with Crippen molar-refractivity contribution in [2.45, 2.75) is 6.54 Å². The summed E-state index contributed by atoms with van der Waals surface area (Å²) in [6, 6.07) is 5.55. The van der Waals surface area contributed by atoms with Crippen LogP contribution in [0.5, 0.6) is 0 Å². The van der Waals surface area contributed by atoms with E-state index < -0.39 is 5.97 Å². The standard InChI is InChI=1S/C12H15N3O2S/c1-14(2)5-6-15-10(11-4-3-7-18-11)8-9(13-15)12(16)17/h3-4,7-8H,5-6H2,1-2H3,(H,16,17). The normalized spacial score (nSPS) is 11.1. The fourth-order valence-electron chi connectivity index (χ4n) is 1.61. The lowest BCUT2D eigenvalue weighted by Crippen LogP contribution is -2.19. The molecule has 18 heavy (non-hydrogen) atoms. The molecule has 0 atom stereocenters. The Bertz CT molecular complexity index is 532. The van der Waals surface area contributed by atoms with Crippen molar-refractivity contribution >= 4 is 17.3 Å². The van der Waals surface area contributed by atoms with E-state index in [4.69, 9.17) is 5.11 Å². The van der Waals surface area contributed by atoms with Crippen LogP contribution >= 0.6 is 11.3 Å². The van der Waals surface area contributed by atoms with Gasteiger partial charge in [0.25, 0.3) is 0 Å². The monoisotopic (exact) mass is 265 g/mol. The van der Waals surface area contributed by atoms with E-state index in [0.29, 0.717) is 6.54 Å². The van der Waals surface area contributed by atoms with Crippen LogP contribution in [0.15, 0.2) is 23.6 Å². The molecule has 0 fully saturated rings. The SMILES string of the molecule is CN(C)CCn1nc(C(=O)O)cc1-c1cccs1. The molecule has 1 N–H and O–H groups in total. The van der Waals surface area contributed by atoms with Crippen LogP contribution in [0.25, 0.3) is 10.6 Å². The molecular weight excluding hydrogens is 250 g/mol. The van der Waals surface area contributed by atoms with Crippen LogP contribution < -0.4 is 0 Å². The first-order valence-corrected chi connectivity index (χ1v) is 6.45. The molecule has 0 spiro atoms. The van der Waals surface area contributed by atoms with Crippen LogP contribution in [-0.2, 0) is 6.54 Å². The molecule has 0 saturated carbocycles. The summed E-state index contributed by atoms with van der Waals surface area (Å²) >= 11 is 1.58. The summed E-state index contributed by atoms with van der Waals surface area (Å²) in [5.41, 5.74) is 0.960. The van der Waals surface area contributed by atoms with Gasteiger partial charge in [-0.2, -0.15) is 5.10 Å². The first-order chi connectivity index (χ1) is 8.58. The molecule has 0 aliphatic carbocycles. The summed E-state index contributed by atoms with van der Waals surface area (Å²) < 4.78 is 1.76. The summed E-state index contributed by atoms with van der Waals surface area (Å²) in [5, 5.41) is 15.1. The number of thiophene rings is 1. The fraction of sp³-hybridized carbons (Fsp3) is 0.333. The maximum Gasteiger partial charge on any atom is 0.356 e. The van der Waals surface area contributed by atoms with Crippen molar-refractivity contribution in [3.05, 3.63) is 29.3 Å². The van der Waals surface area contributed by atoms with Gasteiger partial charge in [-0.05, 0) is 31.6 Å². The highest BCUT2D eigenvalue weighted by Gasteiger charge is 2.15. The first kappa shape index (κ1) is 12.8. The van der Waals surface area contributed by atoms with Gasteiger partial charge in [0, 0.05) is 6.54 Å². The minimum absolute atomic E-state index is 0.0946. The summed E-state index contributed by atoms with van der Waals surface area (Å²) in [6.45, 7) is 1.49. The van der Waals surface area contributed by atoms with Gasteiger partial charge < -0.3 is 10.0 Å². The van der Waals surface area contributed by atoms with Gasteiger partial charge in [0.15, 0.2) is 5.69 Å². The molecule has 0 amide bonds. The molecule has 0 aliphatic rings. The highest BCUT2D eigenvalue weighted by atomic mass is 32.1. The van der Waals surface area contributed by atoms with Crippen LogP contribution in [-0.4, -0.2) is 46.4 Å². The van der Waals surface area contributed by atoms with Crippen molar-refractivity contribution in [3.63, 3.8) is 0 Å². The van der Waals surface area contributed by atoms with E-state index in [2.05, 4.69) is 5.10 Å². The predicted molar refractivity (Wildman–Crippen MR) is 71.1 cm³/mol. The third kappa shape index (κ3) is 2.77. The number of hydrogen-bond donors (Lipinski definition) is 1. The van der Waals surface area contributed by atoms with E-state index in [9.17, 15) is 4.79 Å². The van der Waals surface area contributed by atoms with Gasteiger partial charge >= 0.3 is 5.97 Å². The molecule has 2 heterocycles. The molecule has 0 unspecified atom stereocenters. The van der Waals surface area contributed by atoms with Crippen molar-refractivity contribution in [2.24, 2.45) is 0 Å². The summed E-state index contributed by atoms with van der Waals surface area (Å²) in [5.74, 6) is -0.989. The minimum atomic E-state index is -0.989. The Morgan fingerprint density at radius 1 is 1.56 bits per heavy atom. The number of aromatic carboxylic acids is 1. The van der Waals surface area contributed by atoms with Gasteiger partial charge in [0.1, 0.15) is 0 Å². The molecule has 2 aromatic heterocycles. The highest BCUT2D eigenvalue weighted by molar-refractivity contribution is 7.13. The van der Waals surface area contributed by atoms with Gasteiger partial charge in [-0.3, -0.25) is 4.68 Å². The zero-order valence-electron chi connectivity index (χ0n) is 10.3. The second-order valence-corrected chi connectivity index (χ2v) is 5.17. The topological polar surface area (TPSA) is 58.4 Å². The number of likely N-dealkylation sites (N-methyl/N-ethyl adjacent to an activating group) is 1. The Hall–Kier alpha value is -1.66. The highest BCUT2D eigenvalue weighted by Crippen LogP contribution is 2.25. The smallest absolute Gasteiger partial charge is 0.356 e. The zero-order valence-corrected chi connectivity index (χ0v) is 11.1. The Morgan fingerprint density at radius 2 is 2.33 bits per heavy atom. The van der Waals surface area contributed by atoms with Crippen LogP contribution in [0.3, 0.4) is 0 Å². The number of nitrogens with zero attached hydrogens (tertiary/aromatic N) is 3. The van der Waals surface area contributed by atoms with Crippen molar-refractivity contribution in [1.82, 2.24) is 14.7 Å². The maximum atomic E-state index is 11.0. The van der Waals surface area contributed by atoms with Gasteiger partial charge in [-0.25, -0.2) is 4.79 Å². The lowest BCUT2D eigenvalue weighted by atomic mass is 10.3. The van der Waals surface area contributed by atoms with E-state index in [1.165, 1.54) is 0 Å². The first-order valence-electron chi connectivity index (χ1n) is 5.57. The molecular formula is C12H15N3O2S.